The van der Waals surface area contributed by atoms with Gasteiger partial charge in [0.15, 0.2) is 0 Å². The minimum atomic E-state index is 0. The Balaban J connectivity index is 0.00000324. The Morgan fingerprint density at radius 2 is 1.84 bits per heavy atom. The molecule has 0 aliphatic heterocycles. The summed E-state index contributed by atoms with van der Waals surface area (Å²) in [6, 6.07) is 8.01. The summed E-state index contributed by atoms with van der Waals surface area (Å²) in [4.78, 5) is 11.8. The molecule has 0 bridgehead atoms. The summed E-state index contributed by atoms with van der Waals surface area (Å²) in [5.74, 6) is 0.0851. The van der Waals surface area contributed by atoms with E-state index in [4.69, 9.17) is 0 Å². The van der Waals surface area contributed by atoms with E-state index in [1.165, 1.54) is 5.56 Å². The van der Waals surface area contributed by atoms with Crippen molar-refractivity contribution in [1.82, 2.24) is 5.32 Å². The van der Waals surface area contributed by atoms with E-state index < -0.39 is 0 Å². The number of carbonyl (C=O) groups excluding carboxylic acids is 1. The molecule has 0 heterocycles. The van der Waals surface area contributed by atoms with Gasteiger partial charge in [0.25, 0.3) is 0 Å². The fraction of sp³-hybridized carbons (Fsp3) is 0.533. The van der Waals surface area contributed by atoms with Crippen molar-refractivity contribution < 1.29 is 4.79 Å². The highest BCUT2D eigenvalue weighted by Gasteiger charge is 2.18. The van der Waals surface area contributed by atoms with Gasteiger partial charge in [0.05, 0.1) is 0 Å². The maximum absolute atomic E-state index is 11.8. The van der Waals surface area contributed by atoms with Crippen LogP contribution in [0.3, 0.4) is 0 Å². The molecule has 0 aliphatic carbocycles. The van der Waals surface area contributed by atoms with Gasteiger partial charge in [-0.2, -0.15) is 0 Å². The predicted molar refractivity (Wildman–Crippen MR) is 84.2 cm³/mol. The Morgan fingerprint density at radius 1 is 1.21 bits per heavy atom. The van der Waals surface area contributed by atoms with Gasteiger partial charge in [-0.3, -0.25) is 4.79 Å². The topological polar surface area (TPSA) is 41.1 Å². The lowest BCUT2D eigenvalue weighted by molar-refractivity contribution is -0.116. The van der Waals surface area contributed by atoms with Crippen molar-refractivity contribution in [3.05, 3.63) is 29.8 Å². The summed E-state index contributed by atoms with van der Waals surface area (Å²) in [5.41, 5.74) is 2.14. The molecule has 4 heteroatoms. The first-order chi connectivity index (χ1) is 8.45. The quantitative estimate of drug-likeness (QED) is 0.814. The van der Waals surface area contributed by atoms with Crippen LogP contribution < -0.4 is 10.6 Å². The molecule has 0 aromatic heterocycles. The summed E-state index contributed by atoms with van der Waals surface area (Å²) >= 11 is 0. The number of carbonyl (C=O) groups is 1. The zero-order chi connectivity index (χ0) is 13.6. The smallest absolute Gasteiger partial charge is 0.224 e. The normalized spacial score (nSPS) is 10.7. The second-order valence-electron chi connectivity index (χ2n) is 5.55. The van der Waals surface area contributed by atoms with Crippen molar-refractivity contribution in [2.45, 2.75) is 39.0 Å². The number of amides is 1. The molecule has 0 fully saturated rings. The zero-order valence-electron chi connectivity index (χ0n) is 12.2. The van der Waals surface area contributed by atoms with Crippen LogP contribution >= 0.6 is 12.4 Å². The number of para-hydroxylation sites is 1. The zero-order valence-corrected chi connectivity index (χ0v) is 13.1. The van der Waals surface area contributed by atoms with E-state index in [1.54, 1.807) is 0 Å². The van der Waals surface area contributed by atoms with E-state index in [9.17, 15) is 4.79 Å². The second kappa shape index (κ2) is 8.18. The number of rotatable bonds is 5. The van der Waals surface area contributed by atoms with Crippen LogP contribution in [0.1, 0.15) is 39.2 Å². The number of hydrogen-bond acceptors (Lipinski definition) is 2. The number of hydrogen-bond donors (Lipinski definition) is 2. The number of anilines is 1. The van der Waals surface area contributed by atoms with Gasteiger partial charge in [0.1, 0.15) is 0 Å². The summed E-state index contributed by atoms with van der Waals surface area (Å²) in [6.07, 6.45) is 1.42. The molecule has 0 saturated heterocycles. The molecule has 0 radical (unpaired) electrons. The number of nitrogens with one attached hydrogen (secondary N) is 2. The van der Waals surface area contributed by atoms with Crippen LogP contribution in [0.25, 0.3) is 0 Å². The first-order valence-electron chi connectivity index (χ1n) is 6.49. The van der Waals surface area contributed by atoms with Crippen LogP contribution in [-0.2, 0) is 10.2 Å². The Bertz CT molecular complexity index is 399. The predicted octanol–water partition coefficient (Wildman–Crippen LogP) is 3.34. The second-order valence-corrected chi connectivity index (χ2v) is 5.55. The molecule has 0 atom stereocenters. The number of benzene rings is 1. The molecular weight excluding hydrogens is 260 g/mol. The van der Waals surface area contributed by atoms with Crippen molar-refractivity contribution in [3.63, 3.8) is 0 Å². The molecule has 1 amide bonds. The van der Waals surface area contributed by atoms with Gasteiger partial charge in [0, 0.05) is 12.1 Å². The van der Waals surface area contributed by atoms with E-state index in [-0.39, 0.29) is 23.7 Å². The van der Waals surface area contributed by atoms with Crippen molar-refractivity contribution in [1.29, 1.82) is 0 Å². The third kappa shape index (κ3) is 6.08. The van der Waals surface area contributed by atoms with Crippen LogP contribution in [0.5, 0.6) is 0 Å². The maximum Gasteiger partial charge on any atom is 0.224 e. The highest BCUT2D eigenvalue weighted by Crippen LogP contribution is 2.29. The fourth-order valence-electron chi connectivity index (χ4n) is 1.88. The van der Waals surface area contributed by atoms with E-state index in [0.717, 1.165) is 18.7 Å². The third-order valence-electron chi connectivity index (χ3n) is 2.84. The lowest BCUT2D eigenvalue weighted by Gasteiger charge is -2.23. The van der Waals surface area contributed by atoms with E-state index in [1.807, 2.05) is 25.2 Å². The van der Waals surface area contributed by atoms with Gasteiger partial charge in [0.2, 0.25) is 5.91 Å². The Morgan fingerprint density at radius 3 is 2.42 bits per heavy atom. The Kier molecular flexibility index (Phi) is 7.72. The minimum Gasteiger partial charge on any atom is -0.326 e. The maximum atomic E-state index is 11.8. The highest BCUT2D eigenvalue weighted by molar-refractivity contribution is 5.91. The van der Waals surface area contributed by atoms with Crippen LogP contribution in [0.15, 0.2) is 24.3 Å². The number of halogens is 1. The van der Waals surface area contributed by atoms with Crippen molar-refractivity contribution in [2.24, 2.45) is 0 Å². The van der Waals surface area contributed by atoms with Gasteiger partial charge < -0.3 is 10.6 Å². The molecule has 0 spiro atoms. The SMILES string of the molecule is CNCCCC(=O)Nc1ccccc1C(C)(C)C.Cl. The third-order valence-corrected chi connectivity index (χ3v) is 2.84. The van der Waals surface area contributed by atoms with Crippen molar-refractivity contribution in [3.8, 4) is 0 Å². The average molecular weight is 285 g/mol. The van der Waals surface area contributed by atoms with Crippen LogP contribution in [0.2, 0.25) is 0 Å². The molecule has 1 aromatic rings. The summed E-state index contributed by atoms with van der Waals surface area (Å²) < 4.78 is 0. The lowest BCUT2D eigenvalue weighted by atomic mass is 9.86. The van der Waals surface area contributed by atoms with Crippen LogP contribution in [0, 0.1) is 0 Å². The van der Waals surface area contributed by atoms with Crippen LogP contribution in [-0.4, -0.2) is 19.5 Å². The first-order valence-corrected chi connectivity index (χ1v) is 6.49. The van der Waals surface area contributed by atoms with Gasteiger partial charge >= 0.3 is 0 Å². The average Bonchev–Trinajstić information content (AvgIpc) is 2.28. The van der Waals surface area contributed by atoms with Gasteiger partial charge in [-0.15, -0.1) is 12.4 Å². The molecule has 108 valence electrons. The first kappa shape index (κ1) is 17.9. The molecule has 3 nitrogen and oxygen atoms in total. The molecule has 0 unspecified atom stereocenters. The summed E-state index contributed by atoms with van der Waals surface area (Å²) in [7, 11) is 1.90. The van der Waals surface area contributed by atoms with E-state index in [2.05, 4.69) is 37.5 Å². The van der Waals surface area contributed by atoms with Gasteiger partial charge in [-0.05, 0) is 37.1 Å². The van der Waals surface area contributed by atoms with Crippen molar-refractivity contribution >= 4 is 24.0 Å². The minimum absolute atomic E-state index is 0. The van der Waals surface area contributed by atoms with E-state index >= 15 is 0 Å². The van der Waals surface area contributed by atoms with Crippen LogP contribution in [0.4, 0.5) is 5.69 Å². The van der Waals surface area contributed by atoms with Gasteiger partial charge in [-0.1, -0.05) is 39.0 Å². The largest absolute Gasteiger partial charge is 0.326 e. The Labute approximate surface area is 122 Å². The Hall–Kier alpha value is -1.06. The molecular formula is C15H25ClN2O. The molecule has 19 heavy (non-hydrogen) atoms. The van der Waals surface area contributed by atoms with E-state index in [0.29, 0.717) is 6.42 Å². The molecule has 0 aliphatic rings. The monoisotopic (exact) mass is 284 g/mol. The summed E-state index contributed by atoms with van der Waals surface area (Å²) in [6.45, 7) is 7.32. The molecule has 2 N–H and O–H groups in total. The molecule has 0 saturated carbocycles. The highest BCUT2D eigenvalue weighted by atomic mass is 35.5. The summed E-state index contributed by atoms with van der Waals surface area (Å²) in [5, 5.41) is 6.05. The molecule has 1 aromatic carbocycles. The fourth-order valence-corrected chi connectivity index (χ4v) is 1.88. The van der Waals surface area contributed by atoms with Gasteiger partial charge in [-0.25, -0.2) is 0 Å². The van der Waals surface area contributed by atoms with Crippen molar-refractivity contribution in [2.75, 3.05) is 18.9 Å². The molecule has 1 rings (SSSR count). The standard InChI is InChI=1S/C15H24N2O.ClH/c1-15(2,3)12-8-5-6-9-13(12)17-14(18)10-7-11-16-4;/h5-6,8-9,16H,7,10-11H2,1-4H3,(H,17,18);1H. The lowest BCUT2D eigenvalue weighted by Crippen LogP contribution is -2.19.